The molecule has 5 nitrogen and oxygen atoms in total. The summed E-state index contributed by atoms with van der Waals surface area (Å²) in [6, 6.07) is 0. The lowest BCUT2D eigenvalue weighted by molar-refractivity contribution is 0.156. The number of hydrogen-bond donors (Lipinski definition) is 1. The molecule has 0 aromatic carbocycles. The van der Waals surface area contributed by atoms with Gasteiger partial charge in [0, 0.05) is 45.2 Å². The van der Waals surface area contributed by atoms with E-state index in [1.165, 1.54) is 32.4 Å². The molecule has 3 aliphatic rings. The molecule has 0 aliphatic carbocycles. The minimum atomic E-state index is 0. The minimum absolute atomic E-state index is 0. The van der Waals surface area contributed by atoms with Gasteiger partial charge in [0.05, 0.1) is 6.61 Å². The van der Waals surface area contributed by atoms with Gasteiger partial charge in [-0.15, -0.1) is 24.0 Å². The lowest BCUT2D eigenvalue weighted by Crippen LogP contribution is -2.46. The molecule has 20 heavy (non-hydrogen) atoms. The zero-order chi connectivity index (χ0) is 13.1. The molecule has 0 amide bonds. The van der Waals surface area contributed by atoms with Gasteiger partial charge >= 0.3 is 0 Å². The van der Waals surface area contributed by atoms with Crippen LogP contribution < -0.4 is 5.32 Å². The van der Waals surface area contributed by atoms with Gasteiger partial charge in [0.2, 0.25) is 0 Å². The lowest BCUT2D eigenvalue weighted by atomic mass is 9.87. The molecular weight excluding hydrogens is 367 g/mol. The van der Waals surface area contributed by atoms with E-state index in [-0.39, 0.29) is 24.0 Å². The molecule has 3 saturated heterocycles. The number of hydrogen-bond acceptors (Lipinski definition) is 3. The maximum atomic E-state index is 5.59. The molecule has 6 heteroatoms. The third kappa shape index (κ3) is 3.57. The monoisotopic (exact) mass is 394 g/mol. The Hall–Kier alpha value is -0.0800. The Morgan fingerprint density at radius 3 is 2.75 bits per heavy atom. The summed E-state index contributed by atoms with van der Waals surface area (Å²) in [5.41, 5.74) is 0.412. The average Bonchev–Trinajstić information content (AvgIpc) is 2.99. The van der Waals surface area contributed by atoms with Crippen molar-refractivity contribution in [2.24, 2.45) is 10.4 Å². The maximum absolute atomic E-state index is 5.59. The van der Waals surface area contributed by atoms with E-state index in [0.29, 0.717) is 5.41 Å². The molecule has 0 aromatic rings. The SMILES string of the molecule is CN=C(NCCN1CCC1)N1CCC2(CCOC2)C1.I. The highest BCUT2D eigenvalue weighted by Gasteiger charge is 2.42. The van der Waals surface area contributed by atoms with Crippen LogP contribution in [0.2, 0.25) is 0 Å². The quantitative estimate of drug-likeness (QED) is 0.441. The molecule has 1 atom stereocenters. The van der Waals surface area contributed by atoms with E-state index in [9.17, 15) is 0 Å². The van der Waals surface area contributed by atoms with Gasteiger partial charge in [-0.3, -0.25) is 4.99 Å². The highest BCUT2D eigenvalue weighted by atomic mass is 127. The van der Waals surface area contributed by atoms with Gasteiger partial charge in [0.15, 0.2) is 5.96 Å². The first kappa shape index (κ1) is 16.3. The summed E-state index contributed by atoms with van der Waals surface area (Å²) < 4.78 is 5.59. The van der Waals surface area contributed by atoms with Crippen LogP contribution in [0.3, 0.4) is 0 Å². The van der Waals surface area contributed by atoms with Crippen molar-refractivity contribution < 1.29 is 4.74 Å². The number of halogens is 1. The van der Waals surface area contributed by atoms with Crippen LogP contribution in [-0.4, -0.2) is 75.3 Å². The van der Waals surface area contributed by atoms with Crippen molar-refractivity contribution in [3.8, 4) is 0 Å². The maximum Gasteiger partial charge on any atom is 0.193 e. The van der Waals surface area contributed by atoms with Crippen molar-refractivity contribution in [3.63, 3.8) is 0 Å². The molecule has 116 valence electrons. The number of nitrogens with zero attached hydrogens (tertiary/aromatic N) is 3. The molecule has 1 spiro atoms. The zero-order valence-electron chi connectivity index (χ0n) is 12.4. The Morgan fingerprint density at radius 1 is 1.30 bits per heavy atom. The second kappa shape index (κ2) is 7.26. The average molecular weight is 394 g/mol. The highest BCUT2D eigenvalue weighted by molar-refractivity contribution is 14.0. The molecular formula is C14H27IN4O. The smallest absolute Gasteiger partial charge is 0.193 e. The van der Waals surface area contributed by atoms with Gasteiger partial charge in [0.1, 0.15) is 0 Å². The number of rotatable bonds is 3. The van der Waals surface area contributed by atoms with E-state index in [4.69, 9.17) is 4.74 Å². The van der Waals surface area contributed by atoms with E-state index < -0.39 is 0 Å². The Balaban J connectivity index is 0.00000147. The number of guanidine groups is 1. The lowest BCUT2D eigenvalue weighted by Gasteiger charge is -2.31. The third-order valence-corrected chi connectivity index (χ3v) is 4.79. The molecule has 3 aliphatic heterocycles. The van der Waals surface area contributed by atoms with Crippen molar-refractivity contribution in [1.29, 1.82) is 0 Å². The highest BCUT2D eigenvalue weighted by Crippen LogP contribution is 2.38. The fourth-order valence-electron chi connectivity index (χ4n) is 3.35. The zero-order valence-corrected chi connectivity index (χ0v) is 14.8. The first-order valence-corrected chi connectivity index (χ1v) is 7.57. The summed E-state index contributed by atoms with van der Waals surface area (Å²) in [5, 5.41) is 3.51. The Morgan fingerprint density at radius 2 is 2.15 bits per heavy atom. The van der Waals surface area contributed by atoms with Gasteiger partial charge in [-0.2, -0.15) is 0 Å². The molecule has 1 unspecified atom stereocenters. The van der Waals surface area contributed by atoms with Crippen LogP contribution in [0, 0.1) is 5.41 Å². The topological polar surface area (TPSA) is 40.1 Å². The Kier molecular flexibility index (Phi) is 5.92. The summed E-state index contributed by atoms with van der Waals surface area (Å²) in [6.07, 6.45) is 3.83. The van der Waals surface area contributed by atoms with Gasteiger partial charge in [-0.05, 0) is 32.4 Å². The fraction of sp³-hybridized carbons (Fsp3) is 0.929. The molecule has 3 heterocycles. The van der Waals surface area contributed by atoms with Crippen LogP contribution in [-0.2, 0) is 4.74 Å². The van der Waals surface area contributed by atoms with E-state index >= 15 is 0 Å². The minimum Gasteiger partial charge on any atom is -0.381 e. The van der Waals surface area contributed by atoms with Crippen molar-refractivity contribution in [2.45, 2.75) is 19.3 Å². The largest absolute Gasteiger partial charge is 0.381 e. The first-order chi connectivity index (χ1) is 9.31. The van der Waals surface area contributed by atoms with E-state index in [0.717, 1.165) is 45.4 Å². The summed E-state index contributed by atoms with van der Waals surface area (Å²) in [5.74, 6) is 1.07. The van der Waals surface area contributed by atoms with Crippen molar-refractivity contribution in [2.75, 3.05) is 59.5 Å². The van der Waals surface area contributed by atoms with E-state index in [2.05, 4.69) is 20.1 Å². The van der Waals surface area contributed by atoms with Crippen molar-refractivity contribution in [3.05, 3.63) is 0 Å². The van der Waals surface area contributed by atoms with Crippen LogP contribution in [0.15, 0.2) is 4.99 Å². The summed E-state index contributed by atoms with van der Waals surface area (Å²) >= 11 is 0. The van der Waals surface area contributed by atoms with Crippen LogP contribution in [0.25, 0.3) is 0 Å². The molecule has 1 N–H and O–H groups in total. The number of aliphatic imine (C=N–C) groups is 1. The fourth-order valence-corrected chi connectivity index (χ4v) is 3.35. The number of ether oxygens (including phenoxy) is 1. The normalized spacial score (nSPS) is 30.4. The van der Waals surface area contributed by atoms with Crippen LogP contribution in [0.5, 0.6) is 0 Å². The molecule has 0 bridgehead atoms. The second-order valence-corrected chi connectivity index (χ2v) is 6.14. The standard InChI is InChI=1S/C14H26N4O.HI/c1-15-13(16-5-9-17-6-2-7-17)18-8-3-14(11-18)4-10-19-12-14;/h2-12H2,1H3,(H,15,16);1H. The van der Waals surface area contributed by atoms with Crippen molar-refractivity contribution >= 4 is 29.9 Å². The molecule has 3 fully saturated rings. The summed E-state index contributed by atoms with van der Waals surface area (Å²) in [7, 11) is 1.89. The summed E-state index contributed by atoms with van der Waals surface area (Å²) in [4.78, 5) is 9.33. The van der Waals surface area contributed by atoms with Gasteiger partial charge < -0.3 is 19.9 Å². The predicted octanol–water partition coefficient (Wildman–Crippen LogP) is 0.998. The van der Waals surface area contributed by atoms with Gasteiger partial charge in [-0.25, -0.2) is 0 Å². The molecule has 3 rings (SSSR count). The van der Waals surface area contributed by atoms with Gasteiger partial charge in [-0.1, -0.05) is 0 Å². The van der Waals surface area contributed by atoms with Crippen LogP contribution in [0.1, 0.15) is 19.3 Å². The van der Waals surface area contributed by atoms with E-state index in [1.807, 2.05) is 7.05 Å². The Labute approximate surface area is 139 Å². The van der Waals surface area contributed by atoms with E-state index in [1.54, 1.807) is 0 Å². The first-order valence-electron chi connectivity index (χ1n) is 7.57. The second-order valence-electron chi connectivity index (χ2n) is 6.14. The Bertz CT molecular complexity index is 340. The molecule has 0 aromatic heterocycles. The number of likely N-dealkylation sites (tertiary alicyclic amines) is 2. The van der Waals surface area contributed by atoms with Crippen LogP contribution >= 0.6 is 24.0 Å². The van der Waals surface area contributed by atoms with Gasteiger partial charge in [0.25, 0.3) is 0 Å². The predicted molar refractivity (Wildman–Crippen MR) is 91.9 cm³/mol. The molecule has 0 saturated carbocycles. The summed E-state index contributed by atoms with van der Waals surface area (Å²) in [6.45, 7) is 8.79. The van der Waals surface area contributed by atoms with Crippen LogP contribution in [0.4, 0.5) is 0 Å². The third-order valence-electron chi connectivity index (χ3n) is 4.79. The van der Waals surface area contributed by atoms with Crippen molar-refractivity contribution in [1.82, 2.24) is 15.1 Å². The molecule has 0 radical (unpaired) electrons. The number of nitrogens with one attached hydrogen (secondary N) is 1.